The van der Waals surface area contributed by atoms with Crippen molar-refractivity contribution in [1.29, 1.82) is 0 Å². The number of halogens is 2. The molecule has 0 aliphatic carbocycles. The summed E-state index contributed by atoms with van der Waals surface area (Å²) in [7, 11) is 0. The van der Waals surface area contributed by atoms with Gasteiger partial charge in [-0.25, -0.2) is 4.39 Å². The summed E-state index contributed by atoms with van der Waals surface area (Å²) in [6.07, 6.45) is 4.10. The molecule has 1 aromatic heterocycles. The van der Waals surface area contributed by atoms with Crippen molar-refractivity contribution in [3.63, 3.8) is 0 Å². The quantitative estimate of drug-likeness (QED) is 0.323. The maximum absolute atomic E-state index is 13.4. The number of rotatable bonds is 8. The predicted molar refractivity (Wildman–Crippen MR) is 125 cm³/mol. The molecule has 0 amide bonds. The molecule has 1 aliphatic heterocycles. The SMILES string of the molecule is CCNC(=NCC(c1ccc(F)cc1)N1CCOCC1)NCCn1cccc1.I. The van der Waals surface area contributed by atoms with Gasteiger partial charge >= 0.3 is 0 Å². The van der Waals surface area contributed by atoms with Gasteiger partial charge in [0, 0.05) is 45.1 Å². The first-order valence-electron chi connectivity index (χ1n) is 9.96. The van der Waals surface area contributed by atoms with Crippen molar-refractivity contribution < 1.29 is 9.13 Å². The average Bonchev–Trinajstić information content (AvgIpc) is 3.24. The lowest BCUT2D eigenvalue weighted by molar-refractivity contribution is 0.0179. The van der Waals surface area contributed by atoms with Crippen molar-refractivity contribution in [3.8, 4) is 0 Å². The first-order chi connectivity index (χ1) is 13.8. The van der Waals surface area contributed by atoms with Gasteiger partial charge in [0.05, 0.1) is 25.8 Å². The highest BCUT2D eigenvalue weighted by atomic mass is 127. The highest BCUT2D eigenvalue weighted by Gasteiger charge is 2.22. The third-order valence-electron chi connectivity index (χ3n) is 4.84. The Morgan fingerprint density at radius 1 is 1.14 bits per heavy atom. The second-order valence-electron chi connectivity index (χ2n) is 6.78. The van der Waals surface area contributed by atoms with E-state index in [-0.39, 0.29) is 35.8 Å². The smallest absolute Gasteiger partial charge is 0.191 e. The number of aliphatic imine (C=N–C) groups is 1. The summed E-state index contributed by atoms with van der Waals surface area (Å²) in [4.78, 5) is 7.18. The summed E-state index contributed by atoms with van der Waals surface area (Å²) >= 11 is 0. The number of guanidine groups is 1. The van der Waals surface area contributed by atoms with Gasteiger partial charge in [-0.3, -0.25) is 9.89 Å². The predicted octanol–water partition coefficient (Wildman–Crippen LogP) is 2.87. The molecule has 6 nitrogen and oxygen atoms in total. The van der Waals surface area contributed by atoms with Gasteiger partial charge in [-0.05, 0) is 36.8 Å². The zero-order chi connectivity index (χ0) is 19.6. The number of benzene rings is 1. The highest BCUT2D eigenvalue weighted by molar-refractivity contribution is 14.0. The van der Waals surface area contributed by atoms with Crippen LogP contribution in [0.4, 0.5) is 4.39 Å². The van der Waals surface area contributed by atoms with E-state index in [9.17, 15) is 4.39 Å². The molecule has 0 spiro atoms. The second kappa shape index (κ2) is 12.8. The Morgan fingerprint density at radius 2 is 1.83 bits per heavy atom. The van der Waals surface area contributed by atoms with Crippen molar-refractivity contribution in [3.05, 3.63) is 60.2 Å². The summed E-state index contributed by atoms with van der Waals surface area (Å²) < 4.78 is 21.0. The van der Waals surface area contributed by atoms with E-state index >= 15 is 0 Å². The molecule has 1 unspecified atom stereocenters. The number of nitrogens with one attached hydrogen (secondary N) is 2. The third kappa shape index (κ3) is 7.60. The number of hydrogen-bond donors (Lipinski definition) is 2. The van der Waals surface area contributed by atoms with Crippen molar-refractivity contribution in [2.75, 3.05) is 45.9 Å². The van der Waals surface area contributed by atoms with Gasteiger partial charge in [0.25, 0.3) is 0 Å². The molecule has 29 heavy (non-hydrogen) atoms. The fourth-order valence-corrected chi connectivity index (χ4v) is 3.35. The number of ether oxygens (including phenoxy) is 1. The minimum Gasteiger partial charge on any atom is -0.379 e. The molecular weight excluding hydrogens is 484 g/mol. The van der Waals surface area contributed by atoms with Crippen LogP contribution in [0.3, 0.4) is 0 Å². The van der Waals surface area contributed by atoms with Gasteiger partial charge in [-0.2, -0.15) is 0 Å². The Labute approximate surface area is 189 Å². The van der Waals surface area contributed by atoms with Gasteiger partial charge in [-0.1, -0.05) is 12.1 Å². The van der Waals surface area contributed by atoms with Crippen molar-refractivity contribution >= 4 is 29.9 Å². The molecule has 1 saturated heterocycles. The maximum Gasteiger partial charge on any atom is 0.191 e. The fourth-order valence-electron chi connectivity index (χ4n) is 3.35. The standard InChI is InChI=1S/C21H30FN5O.HI/c1-2-23-21(24-9-12-26-10-3-4-11-26)25-17-20(27-13-15-28-16-14-27)18-5-7-19(22)8-6-18;/h3-8,10-11,20H,2,9,12-17H2,1H3,(H2,23,24,25);1H. The van der Waals surface area contributed by atoms with Crippen LogP contribution in [0.1, 0.15) is 18.5 Å². The van der Waals surface area contributed by atoms with Gasteiger partial charge < -0.3 is 19.9 Å². The minimum absolute atomic E-state index is 0. The Bertz CT molecular complexity index is 717. The van der Waals surface area contributed by atoms with Crippen molar-refractivity contribution in [2.45, 2.75) is 19.5 Å². The van der Waals surface area contributed by atoms with E-state index in [1.165, 1.54) is 12.1 Å². The van der Waals surface area contributed by atoms with Crippen LogP contribution in [0.2, 0.25) is 0 Å². The molecule has 1 aliphatic rings. The zero-order valence-corrected chi connectivity index (χ0v) is 19.2. The van der Waals surface area contributed by atoms with Crippen molar-refractivity contribution in [1.82, 2.24) is 20.1 Å². The van der Waals surface area contributed by atoms with E-state index in [1.807, 2.05) is 24.3 Å². The summed E-state index contributed by atoms with van der Waals surface area (Å²) in [5.41, 5.74) is 1.08. The van der Waals surface area contributed by atoms with Crippen molar-refractivity contribution in [2.24, 2.45) is 4.99 Å². The van der Waals surface area contributed by atoms with Crippen LogP contribution in [-0.4, -0.2) is 61.4 Å². The minimum atomic E-state index is -0.215. The molecule has 0 saturated carbocycles. The molecular formula is C21H31FIN5O. The normalized spacial score (nSPS) is 16.1. The Morgan fingerprint density at radius 3 is 2.48 bits per heavy atom. The van der Waals surface area contributed by atoms with Gasteiger partial charge in [0.15, 0.2) is 5.96 Å². The van der Waals surface area contributed by atoms with Gasteiger partial charge in [0.2, 0.25) is 0 Å². The van der Waals surface area contributed by atoms with Crippen LogP contribution < -0.4 is 10.6 Å². The van der Waals surface area contributed by atoms with E-state index in [1.54, 1.807) is 0 Å². The molecule has 1 fully saturated rings. The monoisotopic (exact) mass is 515 g/mol. The molecule has 2 aromatic rings. The van der Waals surface area contributed by atoms with E-state index in [0.29, 0.717) is 6.54 Å². The summed E-state index contributed by atoms with van der Waals surface area (Å²) in [6.45, 7) is 8.28. The Hall–Kier alpha value is -1.65. The topological polar surface area (TPSA) is 53.8 Å². The number of nitrogens with zero attached hydrogens (tertiary/aromatic N) is 3. The maximum atomic E-state index is 13.4. The molecule has 3 rings (SSSR count). The second-order valence-corrected chi connectivity index (χ2v) is 6.78. The molecule has 160 valence electrons. The largest absolute Gasteiger partial charge is 0.379 e. The van der Waals surface area contributed by atoms with Crippen LogP contribution in [-0.2, 0) is 11.3 Å². The number of aromatic nitrogens is 1. The number of morpholine rings is 1. The van der Waals surface area contributed by atoms with Crippen LogP contribution in [0.5, 0.6) is 0 Å². The summed E-state index contributed by atoms with van der Waals surface area (Å²) in [5, 5.41) is 6.70. The van der Waals surface area contributed by atoms with E-state index < -0.39 is 0 Å². The fraction of sp³-hybridized carbons (Fsp3) is 0.476. The van der Waals surface area contributed by atoms with E-state index in [4.69, 9.17) is 9.73 Å². The van der Waals surface area contributed by atoms with Crippen LogP contribution in [0.25, 0.3) is 0 Å². The van der Waals surface area contributed by atoms with E-state index in [0.717, 1.165) is 57.5 Å². The molecule has 8 heteroatoms. The molecule has 2 N–H and O–H groups in total. The van der Waals surface area contributed by atoms with Gasteiger partial charge in [-0.15, -0.1) is 24.0 Å². The highest BCUT2D eigenvalue weighted by Crippen LogP contribution is 2.22. The summed E-state index contributed by atoms with van der Waals surface area (Å²) in [5.74, 6) is 0.586. The molecule has 1 atom stereocenters. The molecule has 0 bridgehead atoms. The average molecular weight is 515 g/mol. The van der Waals surface area contributed by atoms with Crippen LogP contribution >= 0.6 is 24.0 Å². The van der Waals surface area contributed by atoms with Gasteiger partial charge in [0.1, 0.15) is 5.82 Å². The lowest BCUT2D eigenvalue weighted by Crippen LogP contribution is -2.42. The molecule has 0 radical (unpaired) electrons. The number of hydrogen-bond acceptors (Lipinski definition) is 3. The first-order valence-corrected chi connectivity index (χ1v) is 9.96. The molecule has 2 heterocycles. The molecule has 1 aromatic carbocycles. The van der Waals surface area contributed by atoms with Crippen LogP contribution in [0.15, 0.2) is 53.8 Å². The van der Waals surface area contributed by atoms with Crippen LogP contribution in [0, 0.1) is 5.82 Å². The zero-order valence-electron chi connectivity index (χ0n) is 16.9. The summed E-state index contributed by atoms with van der Waals surface area (Å²) in [6, 6.07) is 10.9. The first kappa shape index (κ1) is 23.6. The Balaban J connectivity index is 0.00000300. The lowest BCUT2D eigenvalue weighted by atomic mass is 10.0. The Kier molecular flexibility index (Phi) is 10.4. The van der Waals surface area contributed by atoms with E-state index in [2.05, 4.69) is 39.4 Å². The third-order valence-corrected chi connectivity index (χ3v) is 4.84. The lowest BCUT2D eigenvalue weighted by Gasteiger charge is -2.34.